The van der Waals surface area contributed by atoms with Gasteiger partial charge in [-0.15, -0.1) is 0 Å². The molecule has 2 N–H and O–H groups in total. The predicted molar refractivity (Wildman–Crippen MR) is 36.3 cm³/mol. The molecule has 1 saturated heterocycles. The van der Waals surface area contributed by atoms with E-state index in [2.05, 4.69) is 0 Å². The molecule has 3 heteroatoms. The molecule has 0 bridgehead atoms. The molecular formula is C7H14O3. The summed E-state index contributed by atoms with van der Waals surface area (Å²) in [6, 6.07) is 0. The van der Waals surface area contributed by atoms with E-state index in [1.165, 1.54) is 0 Å². The SMILES string of the molecule is CC[C@@H]1OC(O)C(O)C1C. The van der Waals surface area contributed by atoms with Crippen molar-refractivity contribution in [2.75, 3.05) is 0 Å². The Hall–Kier alpha value is -0.120. The maximum Gasteiger partial charge on any atom is 0.181 e. The van der Waals surface area contributed by atoms with Gasteiger partial charge in [0.15, 0.2) is 6.29 Å². The minimum absolute atomic E-state index is 0.0185. The largest absolute Gasteiger partial charge is 0.387 e. The Morgan fingerprint density at radius 3 is 2.20 bits per heavy atom. The minimum atomic E-state index is -0.972. The van der Waals surface area contributed by atoms with Crippen molar-refractivity contribution in [2.45, 2.75) is 38.8 Å². The molecule has 0 aliphatic carbocycles. The van der Waals surface area contributed by atoms with Gasteiger partial charge in [0.1, 0.15) is 6.10 Å². The van der Waals surface area contributed by atoms with Crippen molar-refractivity contribution in [2.24, 2.45) is 5.92 Å². The van der Waals surface area contributed by atoms with Crippen molar-refractivity contribution < 1.29 is 14.9 Å². The summed E-state index contributed by atoms with van der Waals surface area (Å²) in [5.74, 6) is 0.0556. The van der Waals surface area contributed by atoms with Gasteiger partial charge in [-0.3, -0.25) is 0 Å². The highest BCUT2D eigenvalue weighted by Gasteiger charge is 2.38. The van der Waals surface area contributed by atoms with Crippen molar-refractivity contribution in [3.8, 4) is 0 Å². The molecule has 0 aromatic rings. The Bertz CT molecular complexity index is 115. The van der Waals surface area contributed by atoms with Gasteiger partial charge < -0.3 is 14.9 Å². The number of ether oxygens (including phenoxy) is 1. The molecule has 0 aromatic heterocycles. The van der Waals surface area contributed by atoms with Gasteiger partial charge in [0, 0.05) is 5.92 Å². The standard InChI is InChI=1S/C7H14O3/c1-3-5-4(2)6(8)7(9)10-5/h4-9H,3H2,1-2H3/t4?,5-,6?,7?/m0/s1. The maximum absolute atomic E-state index is 9.19. The smallest absolute Gasteiger partial charge is 0.181 e. The van der Waals surface area contributed by atoms with Crippen LogP contribution in [0.5, 0.6) is 0 Å². The molecule has 1 fully saturated rings. The fourth-order valence-corrected chi connectivity index (χ4v) is 1.33. The molecule has 3 nitrogen and oxygen atoms in total. The summed E-state index contributed by atoms with van der Waals surface area (Å²) in [6.07, 6.45) is -0.815. The van der Waals surface area contributed by atoms with Crippen molar-refractivity contribution in [1.29, 1.82) is 0 Å². The van der Waals surface area contributed by atoms with Crippen LogP contribution < -0.4 is 0 Å². The molecule has 0 aromatic carbocycles. The first-order valence-electron chi connectivity index (χ1n) is 3.68. The zero-order valence-corrected chi connectivity index (χ0v) is 6.32. The van der Waals surface area contributed by atoms with E-state index < -0.39 is 12.4 Å². The second-order valence-electron chi connectivity index (χ2n) is 2.82. The maximum atomic E-state index is 9.19. The number of hydrogen-bond acceptors (Lipinski definition) is 3. The van der Waals surface area contributed by atoms with Gasteiger partial charge in [-0.1, -0.05) is 13.8 Å². The van der Waals surface area contributed by atoms with Crippen LogP contribution in [-0.2, 0) is 4.74 Å². The van der Waals surface area contributed by atoms with Gasteiger partial charge in [-0.25, -0.2) is 0 Å². The summed E-state index contributed by atoms with van der Waals surface area (Å²) in [6.45, 7) is 3.86. The van der Waals surface area contributed by atoms with Crippen molar-refractivity contribution in [3.05, 3.63) is 0 Å². The summed E-state index contributed by atoms with van der Waals surface area (Å²) < 4.78 is 5.04. The molecule has 4 atom stereocenters. The van der Waals surface area contributed by atoms with Gasteiger partial charge in [-0.2, -0.15) is 0 Å². The fraction of sp³-hybridized carbons (Fsp3) is 1.00. The Balaban J connectivity index is 2.53. The predicted octanol–water partition coefficient (Wildman–Crippen LogP) is 0.111. The van der Waals surface area contributed by atoms with Gasteiger partial charge >= 0.3 is 0 Å². The average Bonchev–Trinajstić information content (AvgIpc) is 2.17. The Morgan fingerprint density at radius 1 is 1.40 bits per heavy atom. The molecule has 0 radical (unpaired) electrons. The second-order valence-corrected chi connectivity index (χ2v) is 2.82. The van der Waals surface area contributed by atoms with Crippen LogP contribution in [0.15, 0.2) is 0 Å². The van der Waals surface area contributed by atoms with Crippen LogP contribution in [0.4, 0.5) is 0 Å². The normalized spacial score (nSPS) is 48.0. The summed E-state index contributed by atoms with van der Waals surface area (Å²) in [4.78, 5) is 0. The van der Waals surface area contributed by atoms with Crippen molar-refractivity contribution in [3.63, 3.8) is 0 Å². The fourth-order valence-electron chi connectivity index (χ4n) is 1.33. The number of rotatable bonds is 1. The molecule has 10 heavy (non-hydrogen) atoms. The topological polar surface area (TPSA) is 49.7 Å². The Labute approximate surface area is 60.6 Å². The van der Waals surface area contributed by atoms with E-state index in [0.29, 0.717) is 0 Å². The lowest BCUT2D eigenvalue weighted by Crippen LogP contribution is -2.24. The minimum Gasteiger partial charge on any atom is -0.387 e. The van der Waals surface area contributed by atoms with Crippen LogP contribution >= 0.6 is 0 Å². The molecule has 60 valence electrons. The average molecular weight is 146 g/mol. The van der Waals surface area contributed by atoms with Crippen molar-refractivity contribution >= 4 is 0 Å². The quantitative estimate of drug-likeness (QED) is 0.552. The van der Waals surface area contributed by atoms with Crippen LogP contribution in [-0.4, -0.2) is 28.7 Å². The van der Waals surface area contributed by atoms with Crippen LogP contribution in [0.1, 0.15) is 20.3 Å². The van der Waals surface area contributed by atoms with E-state index >= 15 is 0 Å². The third-order valence-corrected chi connectivity index (χ3v) is 2.13. The number of aliphatic hydroxyl groups excluding tert-OH is 2. The first kappa shape index (κ1) is 7.98. The van der Waals surface area contributed by atoms with Crippen LogP contribution in [0, 0.1) is 5.92 Å². The second kappa shape index (κ2) is 2.86. The summed E-state index contributed by atoms with van der Waals surface area (Å²) >= 11 is 0. The number of hydrogen-bond donors (Lipinski definition) is 2. The molecule has 1 rings (SSSR count). The molecule has 0 amide bonds. The first-order valence-corrected chi connectivity index (χ1v) is 3.68. The molecule has 0 saturated carbocycles. The molecular weight excluding hydrogens is 132 g/mol. The highest BCUT2D eigenvalue weighted by Crippen LogP contribution is 2.26. The van der Waals surface area contributed by atoms with E-state index in [9.17, 15) is 5.11 Å². The molecule has 3 unspecified atom stereocenters. The zero-order valence-electron chi connectivity index (χ0n) is 6.32. The van der Waals surface area contributed by atoms with Gasteiger partial charge in [-0.05, 0) is 6.42 Å². The van der Waals surface area contributed by atoms with E-state index in [1.807, 2.05) is 13.8 Å². The van der Waals surface area contributed by atoms with Gasteiger partial charge in [0.25, 0.3) is 0 Å². The van der Waals surface area contributed by atoms with E-state index in [-0.39, 0.29) is 12.0 Å². The molecule has 1 heterocycles. The Kier molecular flexibility index (Phi) is 2.28. The van der Waals surface area contributed by atoms with Gasteiger partial charge in [0.2, 0.25) is 0 Å². The zero-order chi connectivity index (χ0) is 7.72. The number of aliphatic hydroxyl groups is 2. The monoisotopic (exact) mass is 146 g/mol. The Morgan fingerprint density at radius 2 is 2.00 bits per heavy atom. The molecule has 0 spiro atoms. The highest BCUT2D eigenvalue weighted by molar-refractivity contribution is 4.81. The summed E-state index contributed by atoms with van der Waals surface area (Å²) in [5.41, 5.74) is 0. The highest BCUT2D eigenvalue weighted by atomic mass is 16.6. The third kappa shape index (κ3) is 1.17. The van der Waals surface area contributed by atoms with E-state index in [4.69, 9.17) is 9.84 Å². The molecule has 1 aliphatic heterocycles. The van der Waals surface area contributed by atoms with E-state index in [0.717, 1.165) is 6.42 Å². The lowest BCUT2D eigenvalue weighted by atomic mass is 9.99. The lowest BCUT2D eigenvalue weighted by molar-refractivity contribution is -0.127. The lowest BCUT2D eigenvalue weighted by Gasteiger charge is -2.11. The molecule has 1 aliphatic rings. The van der Waals surface area contributed by atoms with Crippen LogP contribution in [0.25, 0.3) is 0 Å². The van der Waals surface area contributed by atoms with Crippen molar-refractivity contribution in [1.82, 2.24) is 0 Å². The summed E-state index contributed by atoms with van der Waals surface area (Å²) in [7, 11) is 0. The van der Waals surface area contributed by atoms with Gasteiger partial charge in [0.05, 0.1) is 6.10 Å². The summed E-state index contributed by atoms with van der Waals surface area (Å²) in [5, 5.41) is 18.2. The third-order valence-electron chi connectivity index (χ3n) is 2.13. The van der Waals surface area contributed by atoms with Crippen LogP contribution in [0.3, 0.4) is 0 Å². The van der Waals surface area contributed by atoms with Crippen LogP contribution in [0.2, 0.25) is 0 Å². The van der Waals surface area contributed by atoms with E-state index in [1.54, 1.807) is 0 Å². The first-order chi connectivity index (χ1) is 4.66.